The average Bonchev–Trinajstić information content (AvgIpc) is 3.35. The Hall–Kier alpha value is -4.92. The van der Waals surface area contributed by atoms with Gasteiger partial charge in [-0.15, -0.1) is 0 Å². The number of ketones is 1. The number of fused-ring (bicyclic) bond motifs is 1. The number of Topliss-reactive ketones (excluding diaryl/α,β-unsaturated/α-hetero) is 1. The predicted molar refractivity (Wildman–Crippen MR) is 155 cm³/mol. The average molecular weight is 554 g/mol. The minimum absolute atomic E-state index is 0.0362. The summed E-state index contributed by atoms with van der Waals surface area (Å²) in [5.74, 6) is 2.18. The molecule has 6 rings (SSSR count). The topological polar surface area (TPSA) is 104 Å². The van der Waals surface area contributed by atoms with Gasteiger partial charge in [-0.05, 0) is 60.4 Å². The lowest BCUT2D eigenvalue weighted by Gasteiger charge is -2.35. The minimum atomic E-state index is -0.654. The molecule has 0 saturated carbocycles. The number of allylic oxidation sites excluding steroid dienone is 2. The quantitative estimate of drug-likeness (QED) is 0.326. The van der Waals surface area contributed by atoms with Crippen LogP contribution in [0, 0.1) is 0 Å². The summed E-state index contributed by atoms with van der Waals surface area (Å²) >= 11 is 0. The number of H-pyrrole nitrogens is 1. The predicted octanol–water partition coefficient (Wildman–Crippen LogP) is 5.16. The van der Waals surface area contributed by atoms with Crippen molar-refractivity contribution in [2.75, 3.05) is 33.8 Å². The van der Waals surface area contributed by atoms with Crippen LogP contribution < -0.4 is 29.8 Å². The van der Waals surface area contributed by atoms with Gasteiger partial charge in [-0.2, -0.15) is 0 Å². The van der Waals surface area contributed by atoms with Gasteiger partial charge in [-0.1, -0.05) is 24.3 Å². The Morgan fingerprint density at radius 3 is 2.22 bits per heavy atom. The summed E-state index contributed by atoms with van der Waals surface area (Å²) in [4.78, 5) is 28.1. The smallest absolute Gasteiger partial charge is 0.277 e. The Morgan fingerprint density at radius 1 is 0.780 bits per heavy atom. The molecule has 0 saturated heterocycles. The second-order valence-electron chi connectivity index (χ2n) is 10.1. The van der Waals surface area contributed by atoms with Crippen LogP contribution in [-0.4, -0.2) is 44.0 Å². The normalized spacial score (nSPS) is 17.8. The number of ether oxygens (including phenoxy) is 4. The number of benzene rings is 3. The van der Waals surface area contributed by atoms with Gasteiger partial charge in [0.25, 0.3) is 5.56 Å². The number of nitrogens with one attached hydrogen (secondary N) is 2. The van der Waals surface area contributed by atoms with Crippen LogP contribution in [0.3, 0.4) is 0 Å². The largest absolute Gasteiger partial charge is 0.497 e. The van der Waals surface area contributed by atoms with Crippen molar-refractivity contribution in [2.24, 2.45) is 0 Å². The van der Waals surface area contributed by atoms with E-state index in [0.717, 1.165) is 11.3 Å². The standard InChI is InChI=1S/C32H31N3O6/c1-38-21-11-13-25(39-2)22(17-21)28-29-23(33-31-30(28)32(37)35(34-31)20-8-6-5-7-9-20)14-19(15-24(29)36)18-10-12-26(40-3)27(16-18)41-4/h5-13,16-17,19,28,33-34H,14-15H2,1-4H3. The molecule has 2 aliphatic rings. The molecule has 9 heteroatoms. The van der Waals surface area contributed by atoms with Crippen LogP contribution in [0.25, 0.3) is 5.69 Å². The van der Waals surface area contributed by atoms with Gasteiger partial charge < -0.3 is 24.3 Å². The second kappa shape index (κ2) is 10.6. The summed E-state index contributed by atoms with van der Waals surface area (Å²) in [5, 5.41) is 6.69. The second-order valence-corrected chi connectivity index (χ2v) is 10.1. The zero-order chi connectivity index (χ0) is 28.7. The first-order chi connectivity index (χ1) is 20.0. The van der Waals surface area contributed by atoms with Crippen LogP contribution in [0.2, 0.25) is 0 Å². The molecule has 2 N–H and O–H groups in total. The number of aromatic amines is 1. The number of para-hydroxylation sites is 1. The molecule has 3 aromatic carbocycles. The Balaban J connectivity index is 1.52. The molecule has 210 valence electrons. The van der Waals surface area contributed by atoms with Crippen LogP contribution in [-0.2, 0) is 4.79 Å². The molecule has 0 spiro atoms. The van der Waals surface area contributed by atoms with Crippen LogP contribution in [0.5, 0.6) is 23.0 Å². The number of nitrogens with zero attached hydrogens (tertiary/aromatic N) is 1. The third-order valence-corrected chi connectivity index (χ3v) is 7.93. The van der Waals surface area contributed by atoms with Crippen LogP contribution in [0.1, 0.15) is 41.4 Å². The summed E-state index contributed by atoms with van der Waals surface area (Å²) in [6.45, 7) is 0. The molecule has 9 nitrogen and oxygen atoms in total. The number of hydrogen-bond donors (Lipinski definition) is 2. The van der Waals surface area contributed by atoms with Crippen LogP contribution in [0.4, 0.5) is 5.82 Å². The van der Waals surface area contributed by atoms with Crippen molar-refractivity contribution in [3.05, 3.63) is 105 Å². The number of methoxy groups -OCH3 is 4. The SMILES string of the molecule is COc1ccc(OC)c(C2C3=C(CC(c4ccc(OC)c(OC)c4)CC3=O)Nc3[nH]n(-c4ccccc4)c(=O)c32)c1. The fourth-order valence-electron chi connectivity index (χ4n) is 5.97. The monoisotopic (exact) mass is 553 g/mol. The lowest BCUT2D eigenvalue weighted by Crippen LogP contribution is -2.32. The highest BCUT2D eigenvalue weighted by Gasteiger charge is 2.42. The molecule has 2 unspecified atom stereocenters. The summed E-state index contributed by atoms with van der Waals surface area (Å²) < 4.78 is 23.7. The van der Waals surface area contributed by atoms with E-state index in [1.54, 1.807) is 40.6 Å². The number of anilines is 1. The van der Waals surface area contributed by atoms with E-state index in [2.05, 4.69) is 10.4 Å². The number of rotatable bonds is 7. The highest BCUT2D eigenvalue weighted by atomic mass is 16.5. The molecule has 0 amide bonds. The molecular weight excluding hydrogens is 522 g/mol. The molecule has 1 aliphatic heterocycles. The van der Waals surface area contributed by atoms with Gasteiger partial charge in [0.2, 0.25) is 0 Å². The Labute approximate surface area is 237 Å². The molecule has 2 heterocycles. The van der Waals surface area contributed by atoms with Gasteiger partial charge >= 0.3 is 0 Å². The summed E-state index contributed by atoms with van der Waals surface area (Å²) in [5.41, 5.74) is 3.91. The van der Waals surface area contributed by atoms with E-state index in [-0.39, 0.29) is 23.7 Å². The Kier molecular flexibility index (Phi) is 6.78. The fourth-order valence-corrected chi connectivity index (χ4v) is 5.97. The van der Waals surface area contributed by atoms with Gasteiger partial charge in [0.1, 0.15) is 17.3 Å². The van der Waals surface area contributed by atoms with Crippen LogP contribution >= 0.6 is 0 Å². The first kappa shape index (κ1) is 26.3. The third kappa shape index (κ3) is 4.43. The first-order valence-corrected chi connectivity index (χ1v) is 13.3. The maximum absolute atomic E-state index is 14.1. The van der Waals surface area contributed by atoms with Gasteiger partial charge in [0, 0.05) is 23.3 Å². The highest BCUT2D eigenvalue weighted by molar-refractivity contribution is 6.01. The van der Waals surface area contributed by atoms with E-state index in [1.807, 2.05) is 54.6 Å². The Morgan fingerprint density at radius 2 is 1.51 bits per heavy atom. The summed E-state index contributed by atoms with van der Waals surface area (Å²) in [6, 6.07) is 20.6. The number of carbonyl (C=O) groups is 1. The summed E-state index contributed by atoms with van der Waals surface area (Å²) in [6.07, 6.45) is 0.850. The molecule has 0 fully saturated rings. The van der Waals surface area contributed by atoms with E-state index in [9.17, 15) is 9.59 Å². The van der Waals surface area contributed by atoms with E-state index in [0.29, 0.717) is 57.6 Å². The van der Waals surface area contributed by atoms with Gasteiger partial charge in [0.15, 0.2) is 17.3 Å². The molecule has 0 radical (unpaired) electrons. The van der Waals surface area contributed by atoms with Crippen molar-refractivity contribution in [3.63, 3.8) is 0 Å². The molecule has 4 aromatic rings. The lowest BCUT2D eigenvalue weighted by molar-refractivity contribution is -0.116. The van der Waals surface area contributed by atoms with Crippen molar-refractivity contribution >= 4 is 11.6 Å². The van der Waals surface area contributed by atoms with Crippen molar-refractivity contribution in [1.29, 1.82) is 0 Å². The minimum Gasteiger partial charge on any atom is -0.497 e. The Bertz CT molecular complexity index is 1720. The zero-order valence-electron chi connectivity index (χ0n) is 23.3. The first-order valence-electron chi connectivity index (χ1n) is 13.3. The van der Waals surface area contributed by atoms with Crippen molar-refractivity contribution in [3.8, 4) is 28.7 Å². The molecule has 0 bridgehead atoms. The van der Waals surface area contributed by atoms with E-state index >= 15 is 0 Å². The maximum atomic E-state index is 14.1. The maximum Gasteiger partial charge on any atom is 0.277 e. The highest BCUT2D eigenvalue weighted by Crippen LogP contribution is 2.49. The summed E-state index contributed by atoms with van der Waals surface area (Å²) in [7, 11) is 6.36. The van der Waals surface area contributed by atoms with Gasteiger partial charge in [-0.3, -0.25) is 14.7 Å². The van der Waals surface area contributed by atoms with Crippen molar-refractivity contribution < 1.29 is 23.7 Å². The molecular formula is C32H31N3O6. The molecule has 41 heavy (non-hydrogen) atoms. The van der Waals surface area contributed by atoms with Gasteiger partial charge in [0.05, 0.1) is 45.6 Å². The fraction of sp³-hybridized carbons (Fsp3) is 0.250. The zero-order valence-corrected chi connectivity index (χ0v) is 23.3. The molecule has 1 aromatic heterocycles. The number of carbonyl (C=O) groups excluding carboxylic acids is 1. The molecule has 2 atom stereocenters. The lowest BCUT2D eigenvalue weighted by atomic mass is 9.72. The third-order valence-electron chi connectivity index (χ3n) is 7.93. The van der Waals surface area contributed by atoms with Crippen molar-refractivity contribution in [2.45, 2.75) is 24.7 Å². The van der Waals surface area contributed by atoms with Gasteiger partial charge in [-0.25, -0.2) is 4.68 Å². The van der Waals surface area contributed by atoms with E-state index in [1.165, 1.54) is 4.68 Å². The number of aromatic nitrogens is 2. The van der Waals surface area contributed by atoms with E-state index < -0.39 is 5.92 Å². The molecule has 1 aliphatic carbocycles. The van der Waals surface area contributed by atoms with Crippen molar-refractivity contribution in [1.82, 2.24) is 9.78 Å². The van der Waals surface area contributed by atoms with E-state index in [4.69, 9.17) is 18.9 Å². The number of hydrogen-bond acceptors (Lipinski definition) is 7. The van der Waals surface area contributed by atoms with Crippen LogP contribution in [0.15, 0.2) is 82.8 Å².